The van der Waals surface area contributed by atoms with Gasteiger partial charge < -0.3 is 10.2 Å². The monoisotopic (exact) mass is 242 g/mol. The van der Waals surface area contributed by atoms with Gasteiger partial charge in [0.2, 0.25) is 0 Å². The van der Waals surface area contributed by atoms with E-state index in [-0.39, 0.29) is 5.76 Å². The maximum Gasteiger partial charge on any atom is 0.433 e. The molecule has 1 rings (SSSR count). The third-order valence-electron chi connectivity index (χ3n) is 1.35. The van der Waals surface area contributed by atoms with Crippen LogP contribution in [0.4, 0.5) is 5.88 Å². The molecule has 0 aliphatic rings. The lowest BCUT2D eigenvalue weighted by molar-refractivity contribution is -0.525. The van der Waals surface area contributed by atoms with Gasteiger partial charge in [-0.25, -0.2) is 10.1 Å². The summed E-state index contributed by atoms with van der Waals surface area (Å²) < 4.78 is 4.70. The first-order chi connectivity index (χ1) is 7.99. The predicted octanol–water partition coefficient (Wildman–Crippen LogP) is -0.382. The van der Waals surface area contributed by atoms with E-state index in [2.05, 4.69) is 10.2 Å². The molecule has 0 bridgehead atoms. The summed E-state index contributed by atoms with van der Waals surface area (Å²) in [6.45, 7) is 0. The van der Waals surface area contributed by atoms with Crippen LogP contribution >= 0.6 is 0 Å². The van der Waals surface area contributed by atoms with Gasteiger partial charge in [-0.15, -0.1) is 5.10 Å². The highest BCUT2D eigenvalue weighted by Gasteiger charge is 2.10. The van der Waals surface area contributed by atoms with E-state index >= 15 is 0 Å². The van der Waals surface area contributed by atoms with Gasteiger partial charge in [0.05, 0.1) is 12.3 Å². The Labute approximate surface area is 92.9 Å². The van der Waals surface area contributed by atoms with E-state index in [0.29, 0.717) is 0 Å². The van der Waals surface area contributed by atoms with Crippen LogP contribution in [-0.4, -0.2) is 22.1 Å². The molecule has 0 fully saturated rings. The Morgan fingerprint density at radius 3 is 2.71 bits per heavy atom. The van der Waals surface area contributed by atoms with Gasteiger partial charge in [0, 0.05) is 0 Å². The zero-order valence-electron chi connectivity index (χ0n) is 8.14. The second-order valence-corrected chi connectivity index (χ2v) is 2.53. The van der Waals surface area contributed by atoms with Gasteiger partial charge in [-0.1, -0.05) is 5.43 Å². The molecule has 0 aliphatic carbocycles. The lowest BCUT2D eigenvalue weighted by Gasteiger charge is -1.90. The van der Waals surface area contributed by atoms with Crippen molar-refractivity contribution < 1.29 is 14.4 Å². The van der Waals surface area contributed by atoms with Gasteiger partial charge in [-0.2, -0.15) is 5.10 Å². The molecule has 1 heterocycles. The van der Waals surface area contributed by atoms with E-state index < -0.39 is 21.8 Å². The van der Waals surface area contributed by atoms with Gasteiger partial charge in [-0.3, -0.25) is 10.1 Å². The Bertz CT molecular complexity index is 491. The number of rotatable bonds is 4. The van der Waals surface area contributed by atoms with Crippen molar-refractivity contribution in [1.29, 1.82) is 0 Å². The summed E-state index contributed by atoms with van der Waals surface area (Å²) >= 11 is 0. The molecule has 0 atom stereocenters. The molecule has 1 aromatic heterocycles. The molecule has 0 aliphatic heterocycles. The first-order valence-electron chi connectivity index (χ1n) is 4.01. The highest BCUT2D eigenvalue weighted by Crippen LogP contribution is 2.13. The molecule has 0 amide bonds. The summed E-state index contributed by atoms with van der Waals surface area (Å²) in [5, 5.41) is 25.8. The van der Waals surface area contributed by atoms with Crippen molar-refractivity contribution in [2.75, 3.05) is 0 Å². The molecule has 0 unspecified atom stereocenters. The third kappa shape index (κ3) is 3.94. The Balaban J connectivity index is 2.64. The summed E-state index contributed by atoms with van der Waals surface area (Å²) in [6, 6.07) is 2.41. The van der Waals surface area contributed by atoms with Crippen LogP contribution in [0.15, 0.2) is 26.8 Å². The van der Waals surface area contributed by atoms with E-state index in [0.717, 1.165) is 12.3 Å². The van der Waals surface area contributed by atoms with Crippen molar-refractivity contribution in [3.8, 4) is 0 Å². The average Bonchev–Trinajstić information content (AvgIpc) is 2.65. The minimum Gasteiger partial charge on any atom is -0.400 e. The van der Waals surface area contributed by atoms with E-state index in [4.69, 9.17) is 10.2 Å². The highest BCUT2D eigenvalue weighted by molar-refractivity contribution is 5.79. The predicted molar refractivity (Wildman–Crippen MR) is 54.7 cm³/mol. The standard InChI is InChI=1S/C6H6N6O5/c7-6(10-12(15)16)9-8-3-4-1-2-5(17-4)11(13)14/h1-3H,(H3,7,9,10)/b8-3-. The van der Waals surface area contributed by atoms with E-state index in [1.807, 2.05) is 0 Å². The fourth-order valence-electron chi connectivity index (χ4n) is 0.774. The van der Waals surface area contributed by atoms with Crippen molar-refractivity contribution in [2.24, 2.45) is 15.9 Å². The molecule has 0 saturated heterocycles. The molecule has 0 saturated carbocycles. The first kappa shape index (κ1) is 12.1. The number of nitrogens with one attached hydrogen (secondary N) is 1. The van der Waals surface area contributed by atoms with Crippen molar-refractivity contribution in [1.82, 2.24) is 5.43 Å². The molecule has 11 heteroatoms. The summed E-state index contributed by atoms with van der Waals surface area (Å²) in [5.41, 5.74) is 6.59. The molecule has 1 aromatic rings. The SMILES string of the molecule is N/C(=N/N=C\c1ccc([N+](=O)[O-])o1)N[N+](=O)[O-]. The van der Waals surface area contributed by atoms with Crippen LogP contribution in [0.1, 0.15) is 5.76 Å². The van der Waals surface area contributed by atoms with Gasteiger partial charge in [0.15, 0.2) is 10.8 Å². The average molecular weight is 242 g/mol. The van der Waals surface area contributed by atoms with Crippen LogP contribution < -0.4 is 11.2 Å². The second kappa shape index (κ2) is 5.20. The second-order valence-electron chi connectivity index (χ2n) is 2.53. The Kier molecular flexibility index (Phi) is 3.70. The smallest absolute Gasteiger partial charge is 0.400 e. The van der Waals surface area contributed by atoms with Gasteiger partial charge >= 0.3 is 5.88 Å². The minimum atomic E-state index is -0.911. The van der Waals surface area contributed by atoms with Crippen LogP contribution in [0.5, 0.6) is 0 Å². The van der Waals surface area contributed by atoms with E-state index in [9.17, 15) is 20.2 Å². The summed E-state index contributed by atoms with van der Waals surface area (Å²) in [7, 11) is 0. The number of guanidine groups is 1. The van der Waals surface area contributed by atoms with Crippen LogP contribution in [0.25, 0.3) is 0 Å². The van der Waals surface area contributed by atoms with Crippen LogP contribution in [-0.2, 0) is 0 Å². The van der Waals surface area contributed by atoms with Crippen LogP contribution in [0.3, 0.4) is 0 Å². The molecular weight excluding hydrogens is 236 g/mol. The van der Waals surface area contributed by atoms with Gasteiger partial charge in [0.1, 0.15) is 4.92 Å². The lowest BCUT2D eigenvalue weighted by Crippen LogP contribution is -2.35. The molecule has 17 heavy (non-hydrogen) atoms. The number of nitrogens with zero attached hydrogens (tertiary/aromatic N) is 4. The third-order valence-corrected chi connectivity index (χ3v) is 1.35. The maximum atomic E-state index is 10.3. The van der Waals surface area contributed by atoms with E-state index in [1.54, 1.807) is 5.43 Å². The topological polar surface area (TPSA) is 162 Å². The number of hydrazine groups is 1. The van der Waals surface area contributed by atoms with Crippen LogP contribution in [0.2, 0.25) is 0 Å². The Hall–Kier alpha value is -2.98. The van der Waals surface area contributed by atoms with Gasteiger partial charge in [0.25, 0.3) is 5.96 Å². The first-order valence-corrected chi connectivity index (χ1v) is 4.01. The molecule has 3 N–H and O–H groups in total. The number of nitro groups is 2. The van der Waals surface area contributed by atoms with E-state index in [1.165, 1.54) is 6.07 Å². The Morgan fingerprint density at radius 1 is 1.47 bits per heavy atom. The quantitative estimate of drug-likeness (QED) is 0.314. The highest BCUT2D eigenvalue weighted by atomic mass is 16.7. The number of furan rings is 1. The molecule has 0 aromatic carbocycles. The number of hydrogen-bond donors (Lipinski definition) is 2. The summed E-state index contributed by atoms with van der Waals surface area (Å²) in [6.07, 6.45) is 1.02. The number of nitrogens with two attached hydrogens (primary N) is 1. The Morgan fingerprint density at radius 2 is 2.18 bits per heavy atom. The minimum absolute atomic E-state index is 0.0642. The van der Waals surface area contributed by atoms with Gasteiger partial charge in [-0.05, 0) is 6.07 Å². The normalized spacial score (nSPS) is 11.6. The molecular formula is C6H6N6O5. The van der Waals surface area contributed by atoms with Crippen molar-refractivity contribution in [2.45, 2.75) is 0 Å². The van der Waals surface area contributed by atoms with Crippen molar-refractivity contribution in [3.63, 3.8) is 0 Å². The maximum absolute atomic E-state index is 10.3. The summed E-state index contributed by atoms with van der Waals surface area (Å²) in [5.74, 6) is -0.923. The zero-order valence-corrected chi connectivity index (χ0v) is 8.14. The molecule has 0 radical (unpaired) electrons. The molecule has 11 nitrogen and oxygen atoms in total. The van der Waals surface area contributed by atoms with Crippen molar-refractivity contribution in [3.05, 3.63) is 38.1 Å². The lowest BCUT2D eigenvalue weighted by atomic mass is 10.5. The summed E-state index contributed by atoms with van der Waals surface area (Å²) in [4.78, 5) is 19.4. The van der Waals surface area contributed by atoms with Crippen LogP contribution in [0, 0.1) is 20.2 Å². The number of hydrogen-bond acceptors (Lipinski definition) is 7. The fourth-order valence-corrected chi connectivity index (χ4v) is 0.774. The molecule has 0 spiro atoms. The molecule has 90 valence electrons. The van der Waals surface area contributed by atoms with Crippen molar-refractivity contribution >= 4 is 18.1 Å². The largest absolute Gasteiger partial charge is 0.433 e. The zero-order chi connectivity index (χ0) is 12.8. The fraction of sp³-hybridized carbons (Fsp3) is 0.